The Morgan fingerprint density at radius 3 is 2.61 bits per heavy atom. The first kappa shape index (κ1) is 15.4. The zero-order valence-electron chi connectivity index (χ0n) is 10.6. The van der Waals surface area contributed by atoms with E-state index >= 15 is 0 Å². The molecule has 0 aliphatic heterocycles. The summed E-state index contributed by atoms with van der Waals surface area (Å²) in [5.74, 6) is 0.218. The Labute approximate surface area is 116 Å². The molecule has 0 fully saturated rings. The number of nitrogen functional groups attached to an aromatic ring is 1. The molecule has 0 saturated carbocycles. The van der Waals surface area contributed by atoms with Gasteiger partial charge in [-0.3, -0.25) is 0 Å². The van der Waals surface area contributed by atoms with E-state index in [0.29, 0.717) is 4.47 Å². The number of halogens is 1. The fourth-order valence-electron chi connectivity index (χ4n) is 1.60. The predicted molar refractivity (Wildman–Crippen MR) is 75.6 cm³/mol. The van der Waals surface area contributed by atoms with Crippen molar-refractivity contribution in [2.45, 2.75) is 38.1 Å². The van der Waals surface area contributed by atoms with Crippen LogP contribution < -0.4 is 10.5 Å². The maximum atomic E-state index is 12.2. The molecule has 0 spiro atoms. The van der Waals surface area contributed by atoms with E-state index in [1.165, 1.54) is 12.3 Å². The number of pyridine rings is 1. The van der Waals surface area contributed by atoms with E-state index in [1.807, 2.05) is 20.8 Å². The molecule has 0 aliphatic carbocycles. The maximum absolute atomic E-state index is 12.2. The van der Waals surface area contributed by atoms with E-state index in [-0.39, 0.29) is 22.7 Å². The minimum atomic E-state index is -3.64. The molecule has 1 heterocycles. The summed E-state index contributed by atoms with van der Waals surface area (Å²) in [4.78, 5) is 3.84. The number of nitrogens with zero attached hydrogens (tertiary/aromatic N) is 1. The Balaban J connectivity index is 3.10. The highest BCUT2D eigenvalue weighted by molar-refractivity contribution is 9.10. The molecule has 0 bridgehead atoms. The quantitative estimate of drug-likeness (QED) is 0.863. The number of nitrogens with two attached hydrogens (primary N) is 1. The first-order chi connectivity index (χ1) is 8.27. The summed E-state index contributed by atoms with van der Waals surface area (Å²) in [5, 5.41) is 0. The standard InChI is InChI=1S/C11H18BrN3O2S/c1-4-9(7(2)3)15-18(16,17)10-5-8(12)6-14-11(10)13/h5-7,9,15H,4H2,1-3H3,(H2,13,14). The van der Waals surface area contributed by atoms with Crippen molar-refractivity contribution in [1.82, 2.24) is 9.71 Å². The SMILES string of the molecule is CCC(NS(=O)(=O)c1cc(Br)cnc1N)C(C)C. The van der Waals surface area contributed by atoms with Gasteiger partial charge in [0.1, 0.15) is 10.7 Å². The van der Waals surface area contributed by atoms with Crippen molar-refractivity contribution in [1.29, 1.82) is 0 Å². The maximum Gasteiger partial charge on any atom is 0.244 e. The molecular formula is C11H18BrN3O2S. The highest BCUT2D eigenvalue weighted by Crippen LogP contribution is 2.21. The Morgan fingerprint density at radius 2 is 2.11 bits per heavy atom. The Morgan fingerprint density at radius 1 is 1.50 bits per heavy atom. The second-order valence-electron chi connectivity index (χ2n) is 4.42. The van der Waals surface area contributed by atoms with Crippen LogP contribution in [0.5, 0.6) is 0 Å². The monoisotopic (exact) mass is 335 g/mol. The third-order valence-electron chi connectivity index (χ3n) is 2.69. The van der Waals surface area contributed by atoms with Crippen molar-refractivity contribution in [2.75, 3.05) is 5.73 Å². The third kappa shape index (κ3) is 3.66. The van der Waals surface area contributed by atoms with Gasteiger partial charge in [0.15, 0.2) is 0 Å². The molecule has 3 N–H and O–H groups in total. The molecule has 1 atom stereocenters. The number of nitrogens with one attached hydrogen (secondary N) is 1. The van der Waals surface area contributed by atoms with Crippen LogP contribution in [0.15, 0.2) is 21.6 Å². The molecule has 5 nitrogen and oxygen atoms in total. The highest BCUT2D eigenvalue weighted by Gasteiger charge is 2.23. The van der Waals surface area contributed by atoms with Gasteiger partial charge < -0.3 is 5.73 Å². The molecule has 0 radical (unpaired) electrons. The summed E-state index contributed by atoms with van der Waals surface area (Å²) in [6.45, 7) is 5.88. The summed E-state index contributed by atoms with van der Waals surface area (Å²) in [7, 11) is -3.64. The van der Waals surface area contributed by atoms with Crippen molar-refractivity contribution in [3.63, 3.8) is 0 Å². The van der Waals surface area contributed by atoms with Crippen molar-refractivity contribution in [3.8, 4) is 0 Å². The lowest BCUT2D eigenvalue weighted by molar-refractivity contribution is 0.437. The average Bonchev–Trinajstić information content (AvgIpc) is 2.28. The van der Waals surface area contributed by atoms with E-state index in [1.54, 1.807) is 0 Å². The lowest BCUT2D eigenvalue weighted by Gasteiger charge is -2.20. The molecule has 1 unspecified atom stereocenters. The van der Waals surface area contributed by atoms with Crippen molar-refractivity contribution >= 4 is 31.8 Å². The second-order valence-corrected chi connectivity index (χ2v) is 7.02. The number of rotatable bonds is 5. The van der Waals surface area contributed by atoms with E-state index in [2.05, 4.69) is 25.6 Å². The number of hydrogen-bond acceptors (Lipinski definition) is 4. The van der Waals surface area contributed by atoms with Crippen LogP contribution in [-0.2, 0) is 10.0 Å². The Kier molecular flexibility index (Phi) is 5.12. The lowest BCUT2D eigenvalue weighted by atomic mass is 10.0. The van der Waals surface area contributed by atoms with Crippen LogP contribution in [0.25, 0.3) is 0 Å². The van der Waals surface area contributed by atoms with Gasteiger partial charge in [0.2, 0.25) is 10.0 Å². The van der Waals surface area contributed by atoms with E-state index in [4.69, 9.17) is 5.73 Å². The lowest BCUT2D eigenvalue weighted by Crippen LogP contribution is -2.38. The smallest absolute Gasteiger partial charge is 0.244 e. The molecule has 0 saturated heterocycles. The summed E-state index contributed by atoms with van der Waals surface area (Å²) in [5.41, 5.74) is 5.62. The minimum absolute atomic E-state index is 0.00399. The van der Waals surface area contributed by atoms with Crippen molar-refractivity contribution in [3.05, 3.63) is 16.7 Å². The number of aromatic nitrogens is 1. The fraction of sp³-hybridized carbons (Fsp3) is 0.545. The summed E-state index contributed by atoms with van der Waals surface area (Å²) < 4.78 is 27.7. The topological polar surface area (TPSA) is 85.1 Å². The van der Waals surface area contributed by atoms with Gasteiger partial charge in [0.05, 0.1) is 0 Å². The molecule has 7 heteroatoms. The molecule has 0 amide bonds. The molecule has 0 aromatic carbocycles. The molecule has 1 aromatic heterocycles. The van der Waals surface area contributed by atoms with Crippen molar-refractivity contribution in [2.24, 2.45) is 5.92 Å². The number of anilines is 1. The van der Waals surface area contributed by atoms with Crippen LogP contribution in [0.2, 0.25) is 0 Å². The predicted octanol–water partition coefficient (Wildman–Crippen LogP) is 2.14. The van der Waals surface area contributed by atoms with Crippen molar-refractivity contribution < 1.29 is 8.42 Å². The van der Waals surface area contributed by atoms with Crippen LogP contribution in [0.3, 0.4) is 0 Å². The van der Waals surface area contributed by atoms with Gasteiger partial charge >= 0.3 is 0 Å². The van der Waals surface area contributed by atoms with Gasteiger partial charge in [0.25, 0.3) is 0 Å². The average molecular weight is 336 g/mol. The zero-order chi connectivity index (χ0) is 13.9. The van der Waals surface area contributed by atoms with E-state index < -0.39 is 10.0 Å². The second kappa shape index (κ2) is 5.99. The minimum Gasteiger partial charge on any atom is -0.383 e. The molecular weight excluding hydrogens is 318 g/mol. The molecule has 18 heavy (non-hydrogen) atoms. The van der Waals surface area contributed by atoms with E-state index in [9.17, 15) is 8.42 Å². The van der Waals surface area contributed by atoms with Gasteiger partial charge in [-0.2, -0.15) is 0 Å². The van der Waals surface area contributed by atoms with Crippen LogP contribution >= 0.6 is 15.9 Å². The molecule has 1 rings (SSSR count). The Hall–Kier alpha value is -0.660. The normalized spacial score (nSPS) is 13.8. The van der Waals surface area contributed by atoms with Crippen LogP contribution in [0.4, 0.5) is 5.82 Å². The van der Waals surface area contributed by atoms with E-state index in [0.717, 1.165) is 6.42 Å². The summed E-state index contributed by atoms with van der Waals surface area (Å²) in [6, 6.07) is 1.34. The Bertz CT molecular complexity index is 517. The first-order valence-corrected chi connectivity index (χ1v) is 7.99. The first-order valence-electron chi connectivity index (χ1n) is 5.71. The van der Waals surface area contributed by atoms with Crippen LogP contribution in [0.1, 0.15) is 27.2 Å². The largest absolute Gasteiger partial charge is 0.383 e. The molecule has 0 aliphatic rings. The van der Waals surface area contributed by atoms with Gasteiger partial charge in [-0.25, -0.2) is 18.1 Å². The van der Waals surface area contributed by atoms with Crippen LogP contribution in [-0.4, -0.2) is 19.4 Å². The van der Waals surface area contributed by atoms with Gasteiger partial charge in [-0.15, -0.1) is 0 Å². The molecule has 102 valence electrons. The highest BCUT2D eigenvalue weighted by atomic mass is 79.9. The van der Waals surface area contributed by atoms with Gasteiger partial charge in [-0.1, -0.05) is 20.8 Å². The van der Waals surface area contributed by atoms with Gasteiger partial charge in [-0.05, 0) is 34.3 Å². The fourth-order valence-corrected chi connectivity index (χ4v) is 3.66. The number of sulfonamides is 1. The summed E-state index contributed by atoms with van der Waals surface area (Å²) in [6.07, 6.45) is 2.19. The van der Waals surface area contributed by atoms with Gasteiger partial charge in [0, 0.05) is 16.7 Å². The third-order valence-corrected chi connectivity index (χ3v) is 4.64. The number of hydrogen-bond donors (Lipinski definition) is 2. The van der Waals surface area contributed by atoms with Crippen LogP contribution in [0, 0.1) is 5.92 Å². The molecule has 1 aromatic rings. The zero-order valence-corrected chi connectivity index (χ0v) is 13.0. The summed E-state index contributed by atoms with van der Waals surface area (Å²) >= 11 is 3.19.